The van der Waals surface area contributed by atoms with Crippen LogP contribution in [0.15, 0.2) is 60.7 Å². The minimum Gasteiger partial charge on any atom is -0.381 e. The van der Waals surface area contributed by atoms with Crippen molar-refractivity contribution in [2.75, 3.05) is 18.4 Å². The standard InChI is InChI=1S/C34H42F3N5O3/c1-21-12-13-25(22(2)14-21)18-38-19-29(32(45)42-33(4,5)6)41-30(43)20-40-31(44)27-15-26(34(35,36)37)16-28(23(27)3)39-17-24-10-8-7-9-11-24/h7-16,29,38-39H,17-20H2,1-6H3,(H,40,44)(H,41,43)(H,42,45). The van der Waals surface area contributed by atoms with Crippen LogP contribution in [0, 0.1) is 20.8 Å². The van der Waals surface area contributed by atoms with Gasteiger partial charge in [0.15, 0.2) is 0 Å². The Balaban J connectivity index is 1.70. The highest BCUT2D eigenvalue weighted by Crippen LogP contribution is 2.34. The van der Waals surface area contributed by atoms with Crippen LogP contribution in [0.2, 0.25) is 0 Å². The second kappa shape index (κ2) is 15.1. The molecule has 3 amide bonds. The molecule has 3 aromatic carbocycles. The number of rotatable bonds is 12. The van der Waals surface area contributed by atoms with Gasteiger partial charge in [-0.05, 0) is 75.9 Å². The van der Waals surface area contributed by atoms with Crippen LogP contribution < -0.4 is 26.6 Å². The fourth-order valence-corrected chi connectivity index (χ4v) is 4.65. The van der Waals surface area contributed by atoms with Crippen molar-refractivity contribution in [2.45, 2.75) is 72.4 Å². The Morgan fingerprint density at radius 1 is 0.867 bits per heavy atom. The molecular weight excluding hydrogens is 583 g/mol. The van der Waals surface area contributed by atoms with E-state index in [0.29, 0.717) is 12.1 Å². The van der Waals surface area contributed by atoms with Crippen LogP contribution in [0.4, 0.5) is 18.9 Å². The monoisotopic (exact) mass is 625 g/mol. The topological polar surface area (TPSA) is 111 Å². The molecule has 0 heterocycles. The third-order valence-corrected chi connectivity index (χ3v) is 7.03. The molecule has 1 atom stereocenters. The number of amides is 3. The average Bonchev–Trinajstić information content (AvgIpc) is 2.95. The molecule has 0 spiro atoms. The zero-order valence-electron chi connectivity index (χ0n) is 26.5. The van der Waals surface area contributed by atoms with E-state index in [-0.39, 0.29) is 24.3 Å². The van der Waals surface area contributed by atoms with Gasteiger partial charge < -0.3 is 26.6 Å². The number of aryl methyl sites for hydroxylation is 2. The normalized spacial score (nSPS) is 12.3. The summed E-state index contributed by atoms with van der Waals surface area (Å²) >= 11 is 0. The van der Waals surface area contributed by atoms with Gasteiger partial charge in [0.2, 0.25) is 11.8 Å². The number of halogens is 3. The summed E-state index contributed by atoms with van der Waals surface area (Å²) in [5.41, 5.74) is 2.80. The van der Waals surface area contributed by atoms with E-state index in [2.05, 4.69) is 32.7 Å². The van der Waals surface area contributed by atoms with E-state index in [0.717, 1.165) is 34.4 Å². The maximum Gasteiger partial charge on any atom is 0.416 e. The number of hydrogen-bond acceptors (Lipinski definition) is 5. The van der Waals surface area contributed by atoms with Crippen LogP contribution in [0.1, 0.15) is 64.5 Å². The highest BCUT2D eigenvalue weighted by atomic mass is 19.4. The molecule has 0 aliphatic carbocycles. The Kier molecular flexibility index (Phi) is 11.8. The first-order valence-electron chi connectivity index (χ1n) is 14.7. The molecule has 0 saturated carbocycles. The van der Waals surface area contributed by atoms with Crippen LogP contribution in [-0.4, -0.2) is 42.4 Å². The number of carbonyl (C=O) groups is 3. The van der Waals surface area contributed by atoms with Gasteiger partial charge in [-0.1, -0.05) is 54.1 Å². The van der Waals surface area contributed by atoms with Crippen LogP contribution in [0.3, 0.4) is 0 Å². The third-order valence-electron chi connectivity index (χ3n) is 7.03. The molecule has 5 N–H and O–H groups in total. The summed E-state index contributed by atoms with van der Waals surface area (Å²) in [6.07, 6.45) is -4.69. The molecule has 0 radical (unpaired) electrons. The van der Waals surface area contributed by atoms with Crippen LogP contribution in [0.25, 0.3) is 0 Å². The fraction of sp³-hybridized carbons (Fsp3) is 0.382. The summed E-state index contributed by atoms with van der Waals surface area (Å²) in [5, 5.41) is 14.1. The van der Waals surface area contributed by atoms with Crippen LogP contribution >= 0.6 is 0 Å². The second-order valence-corrected chi connectivity index (χ2v) is 12.1. The van der Waals surface area contributed by atoms with Gasteiger partial charge in [-0.3, -0.25) is 14.4 Å². The van der Waals surface area contributed by atoms with Crippen molar-refractivity contribution in [3.63, 3.8) is 0 Å². The van der Waals surface area contributed by atoms with Gasteiger partial charge in [-0.25, -0.2) is 0 Å². The molecule has 3 rings (SSSR count). The molecule has 0 saturated heterocycles. The highest BCUT2D eigenvalue weighted by molar-refractivity contribution is 5.99. The largest absolute Gasteiger partial charge is 0.416 e. The van der Waals surface area contributed by atoms with Gasteiger partial charge in [-0.15, -0.1) is 0 Å². The van der Waals surface area contributed by atoms with Crippen molar-refractivity contribution in [2.24, 2.45) is 0 Å². The molecule has 242 valence electrons. The van der Waals surface area contributed by atoms with E-state index < -0.39 is 47.6 Å². The number of carbonyl (C=O) groups excluding carboxylic acids is 3. The van der Waals surface area contributed by atoms with E-state index in [1.54, 1.807) is 0 Å². The molecule has 45 heavy (non-hydrogen) atoms. The Hall–Kier alpha value is -4.38. The summed E-state index contributed by atoms with van der Waals surface area (Å²) in [6, 6.07) is 15.9. The first kappa shape index (κ1) is 35.1. The highest BCUT2D eigenvalue weighted by Gasteiger charge is 2.33. The first-order chi connectivity index (χ1) is 21.0. The number of nitrogens with one attached hydrogen (secondary N) is 5. The quantitative estimate of drug-likeness (QED) is 0.191. The lowest BCUT2D eigenvalue weighted by molar-refractivity contribution is -0.137. The summed E-state index contributed by atoms with van der Waals surface area (Å²) in [7, 11) is 0. The Bertz CT molecular complexity index is 1500. The van der Waals surface area contributed by atoms with Crippen molar-refractivity contribution in [1.82, 2.24) is 21.3 Å². The van der Waals surface area contributed by atoms with Crippen molar-refractivity contribution in [3.8, 4) is 0 Å². The maximum atomic E-state index is 13.7. The van der Waals surface area contributed by atoms with E-state index >= 15 is 0 Å². The van der Waals surface area contributed by atoms with Gasteiger partial charge in [-0.2, -0.15) is 13.2 Å². The van der Waals surface area contributed by atoms with Crippen LogP contribution in [0.5, 0.6) is 0 Å². The van der Waals surface area contributed by atoms with Gasteiger partial charge in [0, 0.05) is 36.4 Å². The minimum absolute atomic E-state index is 0.109. The van der Waals surface area contributed by atoms with Gasteiger partial charge in [0.1, 0.15) is 6.04 Å². The Morgan fingerprint density at radius 2 is 1.56 bits per heavy atom. The van der Waals surface area contributed by atoms with Crippen molar-refractivity contribution < 1.29 is 27.6 Å². The summed E-state index contributed by atoms with van der Waals surface area (Å²) in [5.74, 6) is -1.93. The number of benzene rings is 3. The molecule has 1 unspecified atom stereocenters. The zero-order valence-corrected chi connectivity index (χ0v) is 26.5. The minimum atomic E-state index is -4.69. The summed E-state index contributed by atoms with van der Waals surface area (Å²) < 4.78 is 41.2. The SMILES string of the molecule is Cc1ccc(CNCC(NC(=O)CNC(=O)c2cc(C(F)(F)F)cc(NCc3ccccc3)c2C)C(=O)NC(C)(C)C)c(C)c1. The van der Waals surface area contributed by atoms with Crippen LogP contribution in [-0.2, 0) is 28.9 Å². The molecule has 0 aromatic heterocycles. The van der Waals surface area contributed by atoms with Gasteiger partial charge >= 0.3 is 6.18 Å². The van der Waals surface area contributed by atoms with E-state index in [1.807, 2.05) is 77.1 Å². The summed E-state index contributed by atoms with van der Waals surface area (Å²) in [4.78, 5) is 39.0. The molecule has 0 aliphatic rings. The number of anilines is 1. The molecule has 0 aliphatic heterocycles. The predicted octanol–water partition coefficient (Wildman–Crippen LogP) is 5.16. The Morgan fingerprint density at radius 3 is 2.18 bits per heavy atom. The predicted molar refractivity (Wildman–Crippen MR) is 170 cm³/mol. The third kappa shape index (κ3) is 10.9. The first-order valence-corrected chi connectivity index (χ1v) is 14.7. The molecule has 11 heteroatoms. The van der Waals surface area contributed by atoms with E-state index in [1.165, 1.54) is 6.92 Å². The van der Waals surface area contributed by atoms with Gasteiger partial charge in [0.25, 0.3) is 5.91 Å². The van der Waals surface area contributed by atoms with Gasteiger partial charge in [0.05, 0.1) is 12.1 Å². The smallest absolute Gasteiger partial charge is 0.381 e. The lowest BCUT2D eigenvalue weighted by Crippen LogP contribution is -2.56. The molecular formula is C34H42F3N5O3. The van der Waals surface area contributed by atoms with Crippen molar-refractivity contribution in [1.29, 1.82) is 0 Å². The number of alkyl halides is 3. The summed E-state index contributed by atoms with van der Waals surface area (Å²) in [6.45, 7) is 11.3. The molecule has 0 fully saturated rings. The van der Waals surface area contributed by atoms with E-state index in [9.17, 15) is 27.6 Å². The Labute approximate surface area is 262 Å². The fourth-order valence-electron chi connectivity index (χ4n) is 4.65. The zero-order chi connectivity index (χ0) is 33.4. The molecule has 3 aromatic rings. The lowest BCUT2D eigenvalue weighted by atomic mass is 10.0. The van der Waals surface area contributed by atoms with E-state index in [4.69, 9.17) is 0 Å². The second-order valence-electron chi connectivity index (χ2n) is 12.1. The average molecular weight is 626 g/mol. The molecule has 8 nitrogen and oxygen atoms in total. The lowest BCUT2D eigenvalue weighted by Gasteiger charge is -2.26. The van der Waals surface area contributed by atoms with Crippen molar-refractivity contribution >= 4 is 23.4 Å². The number of hydrogen-bond donors (Lipinski definition) is 5. The maximum absolute atomic E-state index is 13.7. The molecule has 0 bridgehead atoms. The van der Waals surface area contributed by atoms with Crippen molar-refractivity contribution in [3.05, 3.63) is 99.6 Å².